The van der Waals surface area contributed by atoms with Gasteiger partial charge in [0.2, 0.25) is 0 Å². The second-order valence-corrected chi connectivity index (χ2v) is 33.1. The number of hydrogen-bond acceptors (Lipinski definition) is 32. The first-order valence-corrected chi connectivity index (χ1v) is 41.1. The third kappa shape index (κ3) is 44.6. The molecule has 3 aromatic heterocycles. The maximum Gasteiger partial charge on any atom is 1.00 e. The van der Waals surface area contributed by atoms with Gasteiger partial charge in [0.1, 0.15) is 66.1 Å². The van der Waals surface area contributed by atoms with Gasteiger partial charge in [0.25, 0.3) is 0 Å². The van der Waals surface area contributed by atoms with Crippen LogP contribution in [0.25, 0.3) is 17.2 Å². The summed E-state index contributed by atoms with van der Waals surface area (Å²) in [6.07, 6.45) is 24.9. The molecular formula is C85H154AlLiN12O21. The number of aliphatic hydroxyl groups excluding tert-OH is 4. The maximum absolute atomic E-state index is 11.5. The van der Waals surface area contributed by atoms with Gasteiger partial charge < -0.3 is 122 Å². The number of aliphatic hydroxyl groups is 4. The molecule has 3 aromatic rings. The minimum absolute atomic E-state index is 0. The molecule has 8 aliphatic rings. The van der Waals surface area contributed by atoms with Crippen molar-refractivity contribution in [2.45, 2.75) is 356 Å². The van der Waals surface area contributed by atoms with Crippen LogP contribution in [0.2, 0.25) is 0 Å². The van der Waals surface area contributed by atoms with Crippen LogP contribution in [0.3, 0.4) is 0 Å². The third-order valence-electron chi connectivity index (χ3n) is 18.0. The van der Waals surface area contributed by atoms with Crippen molar-refractivity contribution >= 4 is 77.2 Å². The molecule has 1 amide bonds. The molecule has 0 bridgehead atoms. The molecule has 10 atom stereocenters. The van der Waals surface area contributed by atoms with Crippen molar-refractivity contribution < 1.29 is 121 Å². The summed E-state index contributed by atoms with van der Waals surface area (Å²) in [5, 5.41) is 39.1. The van der Waals surface area contributed by atoms with Crippen LogP contribution in [0.4, 0.5) is 31.8 Å². The van der Waals surface area contributed by atoms with Crippen molar-refractivity contribution in [2.75, 3.05) is 71.3 Å². The van der Waals surface area contributed by atoms with Crippen LogP contribution >= 0.6 is 0 Å². The summed E-state index contributed by atoms with van der Waals surface area (Å²) in [6.45, 7) is 47.1. The second kappa shape index (κ2) is 57.6. The number of anilines is 3. The number of hydrogen-bond donors (Lipinski definition) is 10. The molecule has 0 unspecified atom stereocenters. The number of rotatable bonds is 19. The van der Waals surface area contributed by atoms with E-state index in [0.29, 0.717) is 43.4 Å². The number of aromatic nitrogens is 6. The van der Waals surface area contributed by atoms with Gasteiger partial charge in [-0.3, -0.25) is 0 Å². The Balaban J connectivity index is -0.00000132. The van der Waals surface area contributed by atoms with Crippen LogP contribution < -0.4 is 52.4 Å². The fourth-order valence-electron chi connectivity index (χ4n) is 13.1. The standard InChI is InChI=1S/C17H25N3O2.C14H21N3O2.C13H25NO4.C10H18O5.C9H19NO2.C8H17NO2.C7H7N3.C4H8O.2CH4O.CH2O.Al.Li.4H/c1-4-13-14(22-17(2,3)21-13)7-5-6-11-8-9-12-15(11)19-10-20-16(12)18;1-2-11(18)12(19)5-3-4-9-6-7-10-13(9)16-8-17-14(10)15;1-7-9-10(17-13(5,6)16-9)8-14-11(15)18-12(2,3)4;1-9(2,3)14-7(11)13-8(12)15-10(4,5)6;1-5-7-8(6-10-4)12-9(2,3)11-7;1-4-6-7(5-9)11-8(2,3)10-6;8-7-5-2-1-3-6(5)9-4-10-7;1-2-4-5-3-1;3*1-2;;;;;;/h8,10,13-14H,4-7,9H2,1-3H3,(H2,18,19,20);6,8,11-12,18-19H,2-5,7H2,1H3,(H2,15,16,17);9-10H,7-8H2,1-6H3,(H,14,15);1-6H3;7-8,10H,5-6H2,1-4H3;6-7H,4-5,9H2,1-3H3;1,3-4H,2H2,(H2,8,9,10);1-4H2;2*2H,1H3;1H2;;;;;;/q;;;;;;;;;;;;+1;;;;-1/t13-,14-;11-,12-;9-,10-;;7-,8-;6-,7-;;;;;;;;;;;/m000.00.........../s1. The minimum atomic E-state index is -1.06. The fourth-order valence-corrected chi connectivity index (χ4v) is 13.1. The third-order valence-corrected chi connectivity index (χ3v) is 18.0. The van der Waals surface area contributed by atoms with Crippen molar-refractivity contribution in [2.24, 2.45) is 5.73 Å². The largest absolute Gasteiger partial charge is 1.00 e. The number of nitrogens with two attached hydrogens (primary N) is 4. The SMILES string of the molecule is C1CCOC1.C=O.CC(C)(C)OC(=O)OC(=O)OC(C)(C)C.CC[C@@H]1OC(C)(C)O[C@H]1CCCC1=CCc2c(N)ncnc21.CC[C@@H]1OC(C)(C)O[C@H]1CN.CC[C@@H]1OC(C)(C)O[C@H]1CNC.CC[C@@H]1OC(C)(C)O[C@H]1CNC(=O)OC(C)(C)C.CC[C@H](O)[C@@H](O)CCCC1=CCc2c(N)ncnc21.CO.CO.Nc1ncnc2c1CC=C2.[AlH3].[H-].[Li+]. The van der Waals surface area contributed by atoms with Gasteiger partial charge in [0.05, 0.1) is 72.0 Å². The quantitative estimate of drug-likeness (QED) is 0.0234. The summed E-state index contributed by atoms with van der Waals surface area (Å²) in [7, 11) is 3.93. The number of amides is 1. The molecule has 684 valence electrons. The summed E-state index contributed by atoms with van der Waals surface area (Å²) < 4.78 is 69.9. The van der Waals surface area contributed by atoms with Gasteiger partial charge in [-0.2, -0.15) is 0 Å². The van der Waals surface area contributed by atoms with Crippen molar-refractivity contribution in [1.29, 1.82) is 0 Å². The van der Waals surface area contributed by atoms with Gasteiger partial charge in [-0.15, -0.1) is 0 Å². The Morgan fingerprint density at radius 3 is 1.27 bits per heavy atom. The molecule has 0 spiro atoms. The molecule has 5 aliphatic heterocycles. The van der Waals surface area contributed by atoms with E-state index < -0.39 is 70.6 Å². The number of alkyl carbamates (subject to hydrolysis) is 1. The van der Waals surface area contributed by atoms with E-state index in [1.54, 1.807) is 47.9 Å². The van der Waals surface area contributed by atoms with E-state index >= 15 is 0 Å². The summed E-state index contributed by atoms with van der Waals surface area (Å²) in [5.74, 6) is -0.107. The number of fused-ring (bicyclic) bond motifs is 3. The number of likely N-dealkylation sites (N-methyl/N-ethyl adjacent to an activating group) is 1. The zero-order chi connectivity index (χ0) is 90.0. The van der Waals surface area contributed by atoms with Crippen LogP contribution in [0.5, 0.6) is 0 Å². The predicted octanol–water partition coefficient (Wildman–Crippen LogP) is 8.11. The molecule has 3 aliphatic carbocycles. The average molecular weight is 1710 g/mol. The van der Waals surface area contributed by atoms with E-state index in [1.807, 2.05) is 116 Å². The molecule has 11 rings (SSSR count). The molecule has 8 heterocycles. The molecule has 33 nitrogen and oxygen atoms in total. The number of nitrogen functional groups attached to an aromatic ring is 3. The van der Waals surface area contributed by atoms with Crippen molar-refractivity contribution in [1.82, 2.24) is 40.5 Å². The zero-order valence-electron chi connectivity index (χ0n) is 77.6. The Kier molecular flexibility index (Phi) is 55.7. The molecule has 5 saturated heterocycles. The van der Waals surface area contributed by atoms with Gasteiger partial charge in [0.15, 0.2) is 40.5 Å². The molecule has 0 saturated carbocycles. The Labute approximate surface area is 739 Å². The molecule has 0 aromatic carbocycles. The van der Waals surface area contributed by atoms with E-state index in [-0.39, 0.29) is 86.5 Å². The van der Waals surface area contributed by atoms with E-state index in [2.05, 4.69) is 78.2 Å². The first-order chi connectivity index (χ1) is 55.3. The number of carbonyl (C=O) groups excluding carboxylic acids is 4. The van der Waals surface area contributed by atoms with E-state index in [0.717, 1.165) is 145 Å². The van der Waals surface area contributed by atoms with Gasteiger partial charge in [-0.1, -0.05) is 52.8 Å². The van der Waals surface area contributed by atoms with E-state index in [4.69, 9.17) is 94.8 Å². The van der Waals surface area contributed by atoms with Crippen LogP contribution in [0.1, 0.15) is 271 Å². The normalized spacial score (nSPS) is 21.9. The van der Waals surface area contributed by atoms with E-state index in [1.165, 1.54) is 36.6 Å². The smallest absolute Gasteiger partial charge is 1.00 e. The fraction of sp³-hybridized carbons (Fsp3) is 0.741. The maximum atomic E-state index is 11.5. The van der Waals surface area contributed by atoms with Gasteiger partial charge in [-0.05, 0) is 245 Å². The summed E-state index contributed by atoms with van der Waals surface area (Å²) >= 11 is 0. The van der Waals surface area contributed by atoms with Crippen molar-refractivity contribution in [3.05, 3.63) is 71.0 Å². The number of nitrogens with one attached hydrogen (secondary N) is 2. The molecule has 35 heteroatoms. The Bertz CT molecular complexity index is 3440. The summed E-state index contributed by atoms with van der Waals surface area (Å²) in [6, 6.07) is 0. The summed E-state index contributed by atoms with van der Waals surface area (Å²) in [5.41, 5.74) is 29.5. The predicted molar refractivity (Wildman–Crippen MR) is 467 cm³/mol. The number of allylic oxidation sites excluding steroid dienone is 5. The average Bonchev–Trinajstić information content (AvgIpc) is 1.67. The van der Waals surface area contributed by atoms with Crippen LogP contribution in [0, 0.1) is 0 Å². The number of carbonyl (C=O) groups is 4. The second-order valence-electron chi connectivity index (χ2n) is 33.1. The van der Waals surface area contributed by atoms with E-state index in [9.17, 15) is 24.6 Å². The van der Waals surface area contributed by atoms with Crippen molar-refractivity contribution in [3.8, 4) is 0 Å². The first-order valence-electron chi connectivity index (χ1n) is 41.1. The number of nitrogens with zero attached hydrogens (tertiary/aromatic N) is 6. The Hall–Kier alpha value is -5.93. The van der Waals surface area contributed by atoms with Gasteiger partial charge in [-0.25, -0.2) is 44.3 Å². The Morgan fingerprint density at radius 2 is 0.900 bits per heavy atom. The van der Waals surface area contributed by atoms with Crippen LogP contribution in [-0.2, 0) is 85.6 Å². The van der Waals surface area contributed by atoms with Crippen LogP contribution in [-0.4, -0.2) is 248 Å². The zero-order valence-corrected chi connectivity index (χ0v) is 76.6. The molecule has 5 fully saturated rings. The summed E-state index contributed by atoms with van der Waals surface area (Å²) in [4.78, 5) is 66.2. The first kappa shape index (κ1) is 116. The Morgan fingerprint density at radius 1 is 0.533 bits per heavy atom. The molecule has 120 heavy (non-hydrogen) atoms. The van der Waals surface area contributed by atoms with Gasteiger partial charge in [0, 0.05) is 63.8 Å². The van der Waals surface area contributed by atoms with Crippen molar-refractivity contribution in [3.63, 3.8) is 0 Å². The van der Waals surface area contributed by atoms with Gasteiger partial charge >= 0.3 is 37.3 Å². The monoisotopic (exact) mass is 1710 g/mol. The molecular weight excluding hydrogens is 1560 g/mol. The molecule has 14 N–H and O–H groups in total. The van der Waals surface area contributed by atoms with Crippen LogP contribution in [0.15, 0.2) is 37.2 Å². The number of ether oxygens (including phenoxy) is 13. The minimum Gasteiger partial charge on any atom is -1.00 e. The molecule has 0 radical (unpaired) electrons. The topological polar surface area (TPSA) is 475 Å².